The van der Waals surface area contributed by atoms with E-state index >= 15 is 0 Å². The lowest BCUT2D eigenvalue weighted by Gasteiger charge is -1.95. The van der Waals surface area contributed by atoms with Crippen molar-refractivity contribution < 1.29 is 8.94 Å². The first-order chi connectivity index (χ1) is 8.75. The zero-order valence-corrected chi connectivity index (χ0v) is 9.49. The van der Waals surface area contributed by atoms with Crippen LogP contribution in [0.1, 0.15) is 5.76 Å². The largest absolute Gasteiger partial charge is 0.469 e. The molecule has 0 saturated heterocycles. The molecule has 0 amide bonds. The van der Waals surface area contributed by atoms with E-state index < -0.39 is 0 Å². The Morgan fingerprint density at radius 2 is 2.06 bits per heavy atom. The standard InChI is InChI=1S/C11H9N5O2/c1-6-7(2-5-17-6)10-15-11(18-16-10)8-9(12)14-4-3-13-8/h2-5H,1H3,(H2,12,14). The number of aromatic nitrogens is 4. The highest BCUT2D eigenvalue weighted by Crippen LogP contribution is 2.25. The predicted octanol–water partition coefficient (Wildman–Crippen LogP) is 1.68. The fraction of sp³-hybridized carbons (Fsp3) is 0.0909. The smallest absolute Gasteiger partial charge is 0.280 e. The van der Waals surface area contributed by atoms with Gasteiger partial charge in [0.2, 0.25) is 5.82 Å². The first-order valence-corrected chi connectivity index (χ1v) is 5.20. The van der Waals surface area contributed by atoms with Crippen LogP contribution in [0.2, 0.25) is 0 Å². The monoisotopic (exact) mass is 243 g/mol. The molecule has 0 aliphatic heterocycles. The molecular formula is C11H9N5O2. The third kappa shape index (κ3) is 1.61. The second kappa shape index (κ2) is 3.95. The Morgan fingerprint density at radius 1 is 1.22 bits per heavy atom. The summed E-state index contributed by atoms with van der Waals surface area (Å²) in [5.41, 5.74) is 6.83. The SMILES string of the molecule is Cc1occc1-c1noc(-c2nccnc2N)n1. The Balaban J connectivity index is 2.05. The molecule has 0 fully saturated rings. The van der Waals surface area contributed by atoms with Crippen molar-refractivity contribution in [2.45, 2.75) is 6.92 Å². The van der Waals surface area contributed by atoms with Crippen molar-refractivity contribution in [1.82, 2.24) is 20.1 Å². The summed E-state index contributed by atoms with van der Waals surface area (Å²) in [6.07, 6.45) is 4.58. The summed E-state index contributed by atoms with van der Waals surface area (Å²) in [4.78, 5) is 12.2. The van der Waals surface area contributed by atoms with Crippen molar-refractivity contribution in [2.75, 3.05) is 5.73 Å². The van der Waals surface area contributed by atoms with Crippen LogP contribution in [0, 0.1) is 6.92 Å². The molecule has 0 radical (unpaired) electrons. The van der Waals surface area contributed by atoms with E-state index in [-0.39, 0.29) is 11.7 Å². The molecule has 0 aliphatic rings. The van der Waals surface area contributed by atoms with Gasteiger partial charge in [-0.2, -0.15) is 4.98 Å². The van der Waals surface area contributed by atoms with Crippen LogP contribution in [-0.2, 0) is 0 Å². The third-order valence-corrected chi connectivity index (χ3v) is 2.45. The number of hydrogen-bond donors (Lipinski definition) is 1. The van der Waals surface area contributed by atoms with E-state index in [9.17, 15) is 0 Å². The third-order valence-electron chi connectivity index (χ3n) is 2.45. The summed E-state index contributed by atoms with van der Waals surface area (Å²) < 4.78 is 10.3. The van der Waals surface area contributed by atoms with Gasteiger partial charge in [0.15, 0.2) is 11.5 Å². The van der Waals surface area contributed by atoms with Gasteiger partial charge in [-0.15, -0.1) is 0 Å². The first-order valence-electron chi connectivity index (χ1n) is 5.20. The maximum atomic E-state index is 5.69. The number of nitrogens with two attached hydrogens (primary N) is 1. The zero-order chi connectivity index (χ0) is 12.5. The second-order valence-corrected chi connectivity index (χ2v) is 3.60. The van der Waals surface area contributed by atoms with Crippen LogP contribution in [0.25, 0.3) is 23.0 Å². The van der Waals surface area contributed by atoms with Gasteiger partial charge >= 0.3 is 0 Å². The van der Waals surface area contributed by atoms with E-state index in [2.05, 4.69) is 20.1 Å². The molecule has 18 heavy (non-hydrogen) atoms. The maximum Gasteiger partial charge on any atom is 0.280 e. The summed E-state index contributed by atoms with van der Waals surface area (Å²) in [6, 6.07) is 1.77. The van der Waals surface area contributed by atoms with Crippen molar-refractivity contribution in [1.29, 1.82) is 0 Å². The van der Waals surface area contributed by atoms with E-state index in [4.69, 9.17) is 14.7 Å². The van der Waals surface area contributed by atoms with Crippen LogP contribution in [0.4, 0.5) is 5.82 Å². The number of anilines is 1. The van der Waals surface area contributed by atoms with E-state index in [0.717, 1.165) is 11.3 Å². The molecule has 3 rings (SSSR count). The van der Waals surface area contributed by atoms with Crippen LogP contribution in [0.5, 0.6) is 0 Å². The van der Waals surface area contributed by atoms with Crippen LogP contribution < -0.4 is 5.73 Å². The summed E-state index contributed by atoms with van der Waals surface area (Å²) in [5, 5.41) is 3.87. The number of hydrogen-bond acceptors (Lipinski definition) is 7. The van der Waals surface area contributed by atoms with Crippen molar-refractivity contribution in [2.24, 2.45) is 0 Å². The number of nitrogens with zero attached hydrogens (tertiary/aromatic N) is 4. The van der Waals surface area contributed by atoms with Crippen LogP contribution in [0.3, 0.4) is 0 Å². The minimum atomic E-state index is 0.233. The molecule has 0 saturated carbocycles. The van der Waals surface area contributed by atoms with Gasteiger partial charge < -0.3 is 14.7 Å². The van der Waals surface area contributed by atoms with E-state index in [1.54, 1.807) is 12.3 Å². The number of aryl methyl sites for hydroxylation is 1. The minimum Gasteiger partial charge on any atom is -0.469 e. The molecule has 0 atom stereocenters. The van der Waals surface area contributed by atoms with Crippen molar-refractivity contribution >= 4 is 5.82 Å². The Hall–Kier alpha value is -2.70. The second-order valence-electron chi connectivity index (χ2n) is 3.60. The number of nitrogen functional groups attached to an aromatic ring is 1. The highest BCUT2D eigenvalue weighted by Gasteiger charge is 2.16. The van der Waals surface area contributed by atoms with Gasteiger partial charge in [-0.05, 0) is 13.0 Å². The summed E-state index contributed by atoms with van der Waals surface area (Å²) in [5.74, 6) is 1.63. The lowest BCUT2D eigenvalue weighted by Crippen LogP contribution is -1.96. The topological polar surface area (TPSA) is 104 Å². The molecule has 3 aromatic rings. The van der Waals surface area contributed by atoms with Crippen LogP contribution >= 0.6 is 0 Å². The zero-order valence-electron chi connectivity index (χ0n) is 9.49. The molecule has 0 aromatic carbocycles. The fourth-order valence-corrected chi connectivity index (χ4v) is 1.56. The molecule has 0 bridgehead atoms. The Kier molecular flexibility index (Phi) is 2.30. The average molecular weight is 243 g/mol. The number of furan rings is 1. The fourth-order valence-electron chi connectivity index (χ4n) is 1.56. The van der Waals surface area contributed by atoms with Gasteiger partial charge in [0.1, 0.15) is 5.76 Å². The highest BCUT2D eigenvalue weighted by molar-refractivity contribution is 5.64. The molecular weight excluding hydrogens is 234 g/mol. The lowest BCUT2D eigenvalue weighted by atomic mass is 10.2. The number of rotatable bonds is 2. The predicted molar refractivity (Wildman–Crippen MR) is 62.2 cm³/mol. The highest BCUT2D eigenvalue weighted by atomic mass is 16.5. The molecule has 7 nitrogen and oxygen atoms in total. The summed E-state index contributed by atoms with van der Waals surface area (Å²) in [7, 11) is 0. The van der Waals surface area contributed by atoms with Gasteiger partial charge in [-0.3, -0.25) is 0 Å². The summed E-state index contributed by atoms with van der Waals surface area (Å²) in [6.45, 7) is 1.82. The molecule has 2 N–H and O–H groups in total. The lowest BCUT2D eigenvalue weighted by molar-refractivity contribution is 0.430. The maximum absolute atomic E-state index is 5.69. The van der Waals surface area contributed by atoms with Gasteiger partial charge in [0, 0.05) is 12.4 Å². The minimum absolute atomic E-state index is 0.233. The Morgan fingerprint density at radius 3 is 2.78 bits per heavy atom. The molecule has 90 valence electrons. The van der Waals surface area contributed by atoms with E-state index in [1.807, 2.05) is 6.92 Å². The van der Waals surface area contributed by atoms with Gasteiger partial charge in [-0.1, -0.05) is 5.16 Å². The van der Waals surface area contributed by atoms with Gasteiger partial charge in [0.05, 0.1) is 11.8 Å². The Bertz CT molecular complexity index is 688. The molecule has 7 heteroatoms. The van der Waals surface area contributed by atoms with Gasteiger partial charge in [0.25, 0.3) is 5.89 Å². The van der Waals surface area contributed by atoms with Crippen molar-refractivity contribution in [3.63, 3.8) is 0 Å². The quantitative estimate of drug-likeness (QED) is 0.729. The molecule has 3 aromatic heterocycles. The Labute approximate surface area is 102 Å². The van der Waals surface area contributed by atoms with Crippen LogP contribution in [0.15, 0.2) is 33.7 Å². The first kappa shape index (κ1) is 10.5. The molecule has 0 unspecified atom stereocenters. The molecule has 0 spiro atoms. The van der Waals surface area contributed by atoms with E-state index in [1.165, 1.54) is 12.4 Å². The average Bonchev–Trinajstić information content (AvgIpc) is 2.98. The summed E-state index contributed by atoms with van der Waals surface area (Å²) >= 11 is 0. The van der Waals surface area contributed by atoms with Crippen molar-refractivity contribution in [3.8, 4) is 23.0 Å². The van der Waals surface area contributed by atoms with Crippen molar-refractivity contribution in [3.05, 3.63) is 30.5 Å². The molecule has 3 heterocycles. The molecule has 0 aliphatic carbocycles. The van der Waals surface area contributed by atoms with Crippen LogP contribution in [-0.4, -0.2) is 20.1 Å². The normalized spacial score (nSPS) is 10.7. The van der Waals surface area contributed by atoms with Gasteiger partial charge in [-0.25, -0.2) is 9.97 Å². The van der Waals surface area contributed by atoms with E-state index in [0.29, 0.717) is 11.5 Å².